The number of rotatable bonds is 4. The predicted octanol–water partition coefficient (Wildman–Crippen LogP) is 2.80. The molecule has 0 N–H and O–H groups in total. The van der Waals surface area contributed by atoms with Gasteiger partial charge in [0.05, 0.1) is 5.71 Å². The zero-order chi connectivity index (χ0) is 18.5. The van der Waals surface area contributed by atoms with E-state index in [9.17, 15) is 0 Å². The molecule has 2 aromatic rings. The second-order valence-electron chi connectivity index (χ2n) is 6.32. The van der Waals surface area contributed by atoms with Gasteiger partial charge in [-0.3, -0.25) is 4.99 Å². The molecule has 4 heteroatoms. The first kappa shape index (κ1) is 21.0. The van der Waals surface area contributed by atoms with E-state index < -0.39 is 0 Å². The van der Waals surface area contributed by atoms with E-state index in [4.69, 9.17) is 11.6 Å². The molecule has 0 heterocycles. The lowest BCUT2D eigenvalue weighted by atomic mass is 9.90. The average molecular weight is 398 g/mol. The zero-order valence-electron chi connectivity index (χ0n) is 15.8. The van der Waals surface area contributed by atoms with Gasteiger partial charge >= 0.3 is 0 Å². The molecule has 0 spiro atoms. The molecule has 0 aromatic heterocycles. The highest BCUT2D eigenvalue weighted by Crippen LogP contribution is 2.34. The third-order valence-electron chi connectivity index (χ3n) is 4.31. The molecular formula is C23H23Cl2N2-. The van der Waals surface area contributed by atoms with E-state index in [0.29, 0.717) is 0 Å². The standard InChI is InChI=1S/C23H23ClN2.ClH/c1-4-25-19-13-9-17(10-14-19)23(21-7-5-6-8-22(21)24)18-11-15-20(16-12-18)26(2)3;/h5-16H,4H2,1-3H3;1H/p-1. The molecule has 1 aliphatic carbocycles. The fourth-order valence-electron chi connectivity index (χ4n) is 2.98. The number of halogens is 2. The summed E-state index contributed by atoms with van der Waals surface area (Å²) in [6, 6.07) is 16.6. The third-order valence-corrected chi connectivity index (χ3v) is 4.64. The number of allylic oxidation sites excluding steroid dienone is 5. The first-order valence-corrected chi connectivity index (χ1v) is 9.15. The van der Waals surface area contributed by atoms with E-state index in [1.807, 2.05) is 39.2 Å². The lowest BCUT2D eigenvalue weighted by molar-refractivity contribution is -0.00000514. The maximum absolute atomic E-state index is 6.53. The van der Waals surface area contributed by atoms with Crippen molar-refractivity contribution in [1.82, 2.24) is 0 Å². The van der Waals surface area contributed by atoms with Gasteiger partial charge in [-0.2, -0.15) is 0 Å². The normalized spacial score (nSPS) is 12.6. The molecule has 27 heavy (non-hydrogen) atoms. The Balaban J connectivity index is 0.00000261. The first-order valence-electron chi connectivity index (χ1n) is 8.77. The number of nitrogens with zero attached hydrogens (tertiary/aromatic N) is 2. The summed E-state index contributed by atoms with van der Waals surface area (Å²) in [7, 11) is 4.09. The van der Waals surface area contributed by atoms with E-state index in [2.05, 4.69) is 64.5 Å². The Kier molecular flexibility index (Phi) is 7.46. The summed E-state index contributed by atoms with van der Waals surface area (Å²) in [5.41, 5.74) is 6.60. The van der Waals surface area contributed by atoms with Crippen LogP contribution in [-0.4, -0.2) is 26.4 Å². The molecule has 0 unspecified atom stereocenters. The predicted molar refractivity (Wildman–Crippen MR) is 114 cm³/mol. The van der Waals surface area contributed by atoms with Gasteiger partial charge in [-0.05, 0) is 54.0 Å². The Bertz CT molecular complexity index is 886. The highest BCUT2D eigenvalue weighted by atomic mass is 35.5. The minimum atomic E-state index is 0. The third kappa shape index (κ3) is 4.91. The van der Waals surface area contributed by atoms with Crippen LogP contribution in [0.4, 0.5) is 5.69 Å². The topological polar surface area (TPSA) is 15.6 Å². The SMILES string of the molecule is CCN=C1C=CC(=C(c2ccc(N(C)C)cc2)c2ccccc2Cl)C=C1.[Cl-]. The largest absolute Gasteiger partial charge is 1.00 e. The van der Waals surface area contributed by atoms with Gasteiger partial charge in [0, 0.05) is 36.9 Å². The van der Waals surface area contributed by atoms with Crippen molar-refractivity contribution in [2.75, 3.05) is 25.5 Å². The van der Waals surface area contributed by atoms with Crippen molar-refractivity contribution < 1.29 is 12.4 Å². The molecule has 0 fully saturated rings. The van der Waals surface area contributed by atoms with E-state index >= 15 is 0 Å². The highest BCUT2D eigenvalue weighted by Gasteiger charge is 2.14. The highest BCUT2D eigenvalue weighted by molar-refractivity contribution is 6.32. The van der Waals surface area contributed by atoms with Crippen molar-refractivity contribution >= 4 is 28.6 Å². The molecule has 140 valence electrons. The lowest BCUT2D eigenvalue weighted by Crippen LogP contribution is -3.00. The van der Waals surface area contributed by atoms with Crippen molar-refractivity contribution in [2.24, 2.45) is 4.99 Å². The van der Waals surface area contributed by atoms with Crippen molar-refractivity contribution in [3.63, 3.8) is 0 Å². The Hall–Kier alpha value is -2.29. The van der Waals surface area contributed by atoms with Crippen molar-refractivity contribution in [3.05, 3.63) is 94.6 Å². The van der Waals surface area contributed by atoms with Crippen molar-refractivity contribution in [3.8, 4) is 0 Å². The van der Waals surface area contributed by atoms with Crippen LogP contribution in [0.5, 0.6) is 0 Å². The van der Waals surface area contributed by atoms with Crippen molar-refractivity contribution in [2.45, 2.75) is 6.92 Å². The quantitative estimate of drug-likeness (QED) is 0.774. The fraction of sp³-hybridized carbons (Fsp3) is 0.174. The van der Waals surface area contributed by atoms with E-state index in [-0.39, 0.29) is 12.4 Å². The summed E-state index contributed by atoms with van der Waals surface area (Å²) in [4.78, 5) is 6.56. The maximum Gasteiger partial charge on any atom is 0.0574 e. The Morgan fingerprint density at radius 2 is 1.56 bits per heavy atom. The Morgan fingerprint density at radius 1 is 0.926 bits per heavy atom. The average Bonchev–Trinajstić information content (AvgIpc) is 2.65. The molecule has 0 atom stereocenters. The van der Waals surface area contributed by atoms with E-state index in [1.54, 1.807) is 0 Å². The van der Waals surface area contributed by atoms with Crippen molar-refractivity contribution in [1.29, 1.82) is 0 Å². The molecule has 0 bridgehead atoms. The summed E-state index contributed by atoms with van der Waals surface area (Å²) in [6.45, 7) is 2.83. The second-order valence-corrected chi connectivity index (χ2v) is 6.72. The minimum absolute atomic E-state index is 0. The maximum atomic E-state index is 6.53. The molecule has 1 aliphatic rings. The van der Waals surface area contributed by atoms with Crippen LogP contribution < -0.4 is 17.3 Å². The van der Waals surface area contributed by atoms with Crippen LogP contribution in [0.3, 0.4) is 0 Å². The first-order chi connectivity index (χ1) is 12.6. The molecular weight excluding hydrogens is 375 g/mol. The number of benzene rings is 2. The summed E-state index contributed by atoms with van der Waals surface area (Å²) < 4.78 is 0. The summed E-state index contributed by atoms with van der Waals surface area (Å²) in [5, 5.41) is 0.751. The van der Waals surface area contributed by atoms with Crippen LogP contribution in [0.25, 0.3) is 5.57 Å². The van der Waals surface area contributed by atoms with Gasteiger partial charge < -0.3 is 17.3 Å². The van der Waals surface area contributed by atoms with Gasteiger partial charge in [-0.1, -0.05) is 54.1 Å². The van der Waals surface area contributed by atoms with Crippen LogP contribution in [0.1, 0.15) is 18.1 Å². The zero-order valence-corrected chi connectivity index (χ0v) is 17.3. The molecule has 0 saturated heterocycles. The number of hydrogen-bond acceptors (Lipinski definition) is 2. The van der Waals surface area contributed by atoms with Gasteiger partial charge in [0.1, 0.15) is 0 Å². The number of aliphatic imine (C=N–C) groups is 1. The summed E-state index contributed by atoms with van der Waals surface area (Å²) in [5.74, 6) is 0. The van der Waals surface area contributed by atoms with Crippen LogP contribution in [0, 0.1) is 0 Å². The van der Waals surface area contributed by atoms with Crippen LogP contribution >= 0.6 is 11.6 Å². The van der Waals surface area contributed by atoms with Gasteiger partial charge in [0.25, 0.3) is 0 Å². The fourth-order valence-corrected chi connectivity index (χ4v) is 3.21. The lowest BCUT2D eigenvalue weighted by Gasteiger charge is -2.17. The number of anilines is 1. The van der Waals surface area contributed by atoms with E-state index in [0.717, 1.165) is 39.6 Å². The second kappa shape index (κ2) is 9.59. The van der Waals surface area contributed by atoms with Crippen LogP contribution in [0.2, 0.25) is 5.02 Å². The van der Waals surface area contributed by atoms with Gasteiger partial charge in [-0.25, -0.2) is 0 Å². The smallest absolute Gasteiger partial charge is 0.0574 e. The monoisotopic (exact) mass is 397 g/mol. The molecule has 0 saturated carbocycles. The summed E-state index contributed by atoms with van der Waals surface area (Å²) in [6.07, 6.45) is 8.35. The Morgan fingerprint density at radius 3 is 2.11 bits per heavy atom. The Labute approximate surface area is 173 Å². The minimum Gasteiger partial charge on any atom is -1.00 e. The molecule has 0 amide bonds. The molecule has 3 rings (SSSR count). The van der Waals surface area contributed by atoms with Gasteiger partial charge in [0.2, 0.25) is 0 Å². The van der Waals surface area contributed by atoms with Gasteiger partial charge in [-0.15, -0.1) is 0 Å². The molecule has 0 radical (unpaired) electrons. The van der Waals surface area contributed by atoms with E-state index in [1.165, 1.54) is 5.69 Å². The summed E-state index contributed by atoms with van der Waals surface area (Å²) >= 11 is 6.53. The van der Waals surface area contributed by atoms with Crippen LogP contribution in [0.15, 0.2) is 83.4 Å². The van der Waals surface area contributed by atoms with Gasteiger partial charge in [0.15, 0.2) is 0 Å². The molecule has 2 aromatic carbocycles. The molecule has 0 aliphatic heterocycles. The molecule has 2 nitrogen and oxygen atoms in total. The van der Waals surface area contributed by atoms with Crippen LogP contribution in [-0.2, 0) is 0 Å². The number of hydrogen-bond donors (Lipinski definition) is 0.